The zero-order chi connectivity index (χ0) is 18.8. The Bertz CT molecular complexity index is 805. The molecule has 0 aromatic carbocycles. The number of rotatable bonds is 5. The fourth-order valence-electron chi connectivity index (χ4n) is 3.29. The van der Waals surface area contributed by atoms with Gasteiger partial charge in [-0.05, 0) is 13.8 Å². The summed E-state index contributed by atoms with van der Waals surface area (Å²) >= 11 is 0. The Hall–Kier alpha value is -2.75. The molecule has 0 spiro atoms. The first-order valence-corrected chi connectivity index (χ1v) is 8.54. The number of carbonyl (C=O) groups is 1. The van der Waals surface area contributed by atoms with Crippen LogP contribution >= 0.6 is 0 Å². The summed E-state index contributed by atoms with van der Waals surface area (Å²) in [5.41, 5.74) is 1.48. The molecule has 1 unspecified atom stereocenters. The molecule has 1 amide bonds. The predicted molar refractivity (Wildman–Crippen MR) is 93.4 cm³/mol. The molecule has 3 heterocycles. The van der Waals surface area contributed by atoms with Gasteiger partial charge in [-0.1, -0.05) is 0 Å². The third-order valence-corrected chi connectivity index (χ3v) is 4.79. The standard InChI is InChI=1S/C16H23N7O3/c1-12-15(23(25)26)9-18-22(12)13(2)16(24)21-6-4-20(5-7-21)11-14-8-17-19(3)10-14/h8-10,13H,4-7,11H2,1-3H3. The van der Waals surface area contributed by atoms with Gasteiger partial charge in [0.25, 0.3) is 0 Å². The minimum atomic E-state index is -0.562. The predicted octanol–water partition coefficient (Wildman–Crippen LogP) is 0.739. The lowest BCUT2D eigenvalue weighted by Gasteiger charge is -2.35. The molecule has 3 rings (SSSR count). The molecule has 140 valence electrons. The maximum Gasteiger partial charge on any atom is 0.309 e. The smallest absolute Gasteiger partial charge is 0.309 e. The van der Waals surface area contributed by atoms with Crippen LogP contribution in [-0.2, 0) is 18.4 Å². The molecule has 2 aromatic heterocycles. The zero-order valence-electron chi connectivity index (χ0n) is 15.2. The topological polar surface area (TPSA) is 102 Å². The fourth-order valence-corrected chi connectivity index (χ4v) is 3.29. The van der Waals surface area contributed by atoms with Crippen molar-refractivity contribution >= 4 is 11.6 Å². The number of amides is 1. The molecule has 0 aliphatic carbocycles. The van der Waals surface area contributed by atoms with Crippen LogP contribution in [0.25, 0.3) is 0 Å². The molecule has 2 aromatic rings. The quantitative estimate of drug-likeness (QED) is 0.575. The summed E-state index contributed by atoms with van der Waals surface area (Å²) in [6.07, 6.45) is 5.05. The minimum absolute atomic E-state index is 0.0628. The molecule has 1 saturated heterocycles. The van der Waals surface area contributed by atoms with Gasteiger partial charge < -0.3 is 4.90 Å². The van der Waals surface area contributed by atoms with Crippen LogP contribution in [0.5, 0.6) is 0 Å². The molecule has 1 fully saturated rings. The van der Waals surface area contributed by atoms with Crippen LogP contribution in [0.15, 0.2) is 18.6 Å². The van der Waals surface area contributed by atoms with Gasteiger partial charge in [0.15, 0.2) is 0 Å². The van der Waals surface area contributed by atoms with Crippen molar-refractivity contribution in [3.8, 4) is 0 Å². The van der Waals surface area contributed by atoms with Gasteiger partial charge in [-0.25, -0.2) is 0 Å². The number of aryl methyl sites for hydroxylation is 1. The molecule has 26 heavy (non-hydrogen) atoms. The molecule has 1 atom stereocenters. The van der Waals surface area contributed by atoms with Crippen molar-refractivity contribution in [1.82, 2.24) is 29.4 Å². The number of hydrogen-bond acceptors (Lipinski definition) is 6. The number of hydrogen-bond donors (Lipinski definition) is 0. The second kappa shape index (κ2) is 7.24. The Morgan fingerprint density at radius 3 is 2.50 bits per heavy atom. The number of carbonyl (C=O) groups excluding carboxylic acids is 1. The monoisotopic (exact) mass is 361 g/mol. The van der Waals surface area contributed by atoms with Crippen molar-refractivity contribution in [1.29, 1.82) is 0 Å². The van der Waals surface area contributed by atoms with E-state index >= 15 is 0 Å². The summed E-state index contributed by atoms with van der Waals surface area (Å²) < 4.78 is 3.21. The summed E-state index contributed by atoms with van der Waals surface area (Å²) in [4.78, 5) is 27.3. The Kier molecular flexibility index (Phi) is 5.03. The third-order valence-electron chi connectivity index (χ3n) is 4.79. The molecule has 1 aliphatic rings. The average molecular weight is 361 g/mol. The van der Waals surface area contributed by atoms with Crippen LogP contribution < -0.4 is 0 Å². The van der Waals surface area contributed by atoms with E-state index in [2.05, 4.69) is 15.1 Å². The number of nitrogens with zero attached hydrogens (tertiary/aromatic N) is 7. The van der Waals surface area contributed by atoms with Crippen molar-refractivity contribution in [2.75, 3.05) is 26.2 Å². The third kappa shape index (κ3) is 3.59. The summed E-state index contributed by atoms with van der Waals surface area (Å²) in [5.74, 6) is -0.0628. The first-order chi connectivity index (χ1) is 12.4. The Balaban J connectivity index is 1.58. The van der Waals surface area contributed by atoms with Gasteiger partial charge in [-0.3, -0.25) is 29.2 Å². The number of piperazine rings is 1. The molecule has 0 saturated carbocycles. The van der Waals surface area contributed by atoms with Crippen molar-refractivity contribution in [3.05, 3.63) is 40.0 Å². The van der Waals surface area contributed by atoms with Crippen LogP contribution in [0.4, 0.5) is 5.69 Å². The summed E-state index contributed by atoms with van der Waals surface area (Å²) in [6.45, 7) is 6.99. The van der Waals surface area contributed by atoms with E-state index in [1.807, 2.05) is 19.4 Å². The van der Waals surface area contributed by atoms with Crippen molar-refractivity contribution in [2.45, 2.75) is 26.4 Å². The maximum atomic E-state index is 12.8. The SMILES string of the molecule is Cc1c([N+](=O)[O-])cnn1C(C)C(=O)N1CCN(Cc2cnn(C)c2)CC1. The van der Waals surface area contributed by atoms with Crippen LogP contribution in [0.1, 0.15) is 24.2 Å². The lowest BCUT2D eigenvalue weighted by molar-refractivity contribution is -0.385. The van der Waals surface area contributed by atoms with E-state index in [4.69, 9.17) is 0 Å². The normalized spacial score (nSPS) is 16.7. The van der Waals surface area contributed by atoms with Crippen molar-refractivity contribution in [3.63, 3.8) is 0 Å². The van der Waals surface area contributed by atoms with Gasteiger partial charge in [0.05, 0.1) is 11.1 Å². The van der Waals surface area contributed by atoms with Gasteiger partial charge >= 0.3 is 5.69 Å². The second-order valence-electron chi connectivity index (χ2n) is 6.62. The molecular weight excluding hydrogens is 338 g/mol. The molecule has 0 radical (unpaired) electrons. The minimum Gasteiger partial charge on any atom is -0.338 e. The lowest BCUT2D eigenvalue weighted by Crippen LogP contribution is -2.50. The Morgan fingerprint density at radius 1 is 1.27 bits per heavy atom. The highest BCUT2D eigenvalue weighted by atomic mass is 16.6. The highest BCUT2D eigenvalue weighted by Crippen LogP contribution is 2.21. The lowest BCUT2D eigenvalue weighted by atomic mass is 10.2. The summed E-state index contributed by atoms with van der Waals surface area (Å²) in [7, 11) is 1.89. The van der Waals surface area contributed by atoms with Gasteiger partial charge in [-0.15, -0.1) is 0 Å². The van der Waals surface area contributed by atoms with Crippen molar-refractivity contribution in [2.24, 2.45) is 7.05 Å². The van der Waals surface area contributed by atoms with E-state index in [-0.39, 0.29) is 11.6 Å². The molecular formula is C16H23N7O3. The fraction of sp³-hybridized carbons (Fsp3) is 0.562. The van der Waals surface area contributed by atoms with Gasteiger partial charge in [0, 0.05) is 51.5 Å². The van der Waals surface area contributed by atoms with E-state index in [1.54, 1.807) is 23.4 Å². The largest absolute Gasteiger partial charge is 0.338 e. The first kappa shape index (κ1) is 18.1. The van der Waals surface area contributed by atoms with Crippen LogP contribution in [0.3, 0.4) is 0 Å². The van der Waals surface area contributed by atoms with Gasteiger partial charge in [-0.2, -0.15) is 10.2 Å². The van der Waals surface area contributed by atoms with E-state index in [0.717, 1.165) is 25.2 Å². The summed E-state index contributed by atoms with van der Waals surface area (Å²) in [5, 5.41) is 19.2. The average Bonchev–Trinajstić information content (AvgIpc) is 3.20. The van der Waals surface area contributed by atoms with E-state index in [0.29, 0.717) is 18.8 Å². The van der Waals surface area contributed by atoms with Crippen LogP contribution in [-0.4, -0.2) is 66.4 Å². The number of aromatic nitrogens is 4. The van der Waals surface area contributed by atoms with Crippen LogP contribution in [0, 0.1) is 17.0 Å². The summed E-state index contributed by atoms with van der Waals surface area (Å²) in [6, 6.07) is -0.562. The van der Waals surface area contributed by atoms with Crippen LogP contribution in [0.2, 0.25) is 0 Å². The Morgan fingerprint density at radius 2 is 1.96 bits per heavy atom. The molecule has 0 N–H and O–H groups in total. The molecule has 0 bridgehead atoms. The van der Waals surface area contributed by atoms with E-state index < -0.39 is 11.0 Å². The highest BCUT2D eigenvalue weighted by Gasteiger charge is 2.29. The van der Waals surface area contributed by atoms with Crippen molar-refractivity contribution < 1.29 is 9.72 Å². The van der Waals surface area contributed by atoms with E-state index in [9.17, 15) is 14.9 Å². The molecule has 1 aliphatic heterocycles. The molecule has 10 heteroatoms. The zero-order valence-corrected chi connectivity index (χ0v) is 15.2. The van der Waals surface area contributed by atoms with E-state index in [1.165, 1.54) is 10.9 Å². The van der Waals surface area contributed by atoms with Gasteiger partial charge in [0.2, 0.25) is 5.91 Å². The maximum absolute atomic E-state index is 12.8. The Labute approximate surface area is 151 Å². The second-order valence-corrected chi connectivity index (χ2v) is 6.62. The first-order valence-electron chi connectivity index (χ1n) is 8.54. The van der Waals surface area contributed by atoms with Gasteiger partial charge in [0.1, 0.15) is 17.9 Å². The molecule has 10 nitrogen and oxygen atoms in total. The highest BCUT2D eigenvalue weighted by molar-refractivity contribution is 5.80. The number of nitro groups is 1.